The van der Waals surface area contributed by atoms with Gasteiger partial charge in [0.25, 0.3) is 0 Å². The number of fused-ring (bicyclic) bond motifs is 4. The summed E-state index contributed by atoms with van der Waals surface area (Å²) in [5.74, 6) is 0.318. The Morgan fingerprint density at radius 1 is 0.929 bits per heavy atom. The van der Waals surface area contributed by atoms with Gasteiger partial charge in [0, 0.05) is 48.6 Å². The Balaban J connectivity index is 1.58. The largest absolute Gasteiger partial charge is 0.410 e. The Bertz CT molecular complexity index is 1320. The van der Waals surface area contributed by atoms with Gasteiger partial charge in [-0.3, -0.25) is 4.98 Å². The van der Waals surface area contributed by atoms with Gasteiger partial charge in [-0.15, -0.1) is 0 Å². The monoisotopic (exact) mass is 589 g/mol. The lowest BCUT2D eigenvalue weighted by molar-refractivity contribution is -0.122. The van der Waals surface area contributed by atoms with E-state index in [0.717, 1.165) is 38.9 Å². The minimum Gasteiger partial charge on any atom is -0.410 e. The average molecular weight is 590 g/mol. The van der Waals surface area contributed by atoms with E-state index < -0.39 is 8.32 Å². The molecule has 0 bridgehead atoms. The van der Waals surface area contributed by atoms with Crippen LogP contribution in [0, 0.1) is 5.41 Å². The number of benzene rings is 1. The second-order valence-corrected chi connectivity index (χ2v) is 21.6. The standard InChI is InChI=1S/C37H55NO3Si/c1-24(2)32-30-31(29-27(38-32)22-36(16-11-17-36)23-28(29)41-42(9,10)35(6,7)8)37(18-20-39-21-19-37)40-33(30)25-12-14-26(15-13-25)34(3,4)5/h12-15,24,28,33H,11,16-23H2,1-10H3. The van der Waals surface area contributed by atoms with Crippen LogP contribution in [0.3, 0.4) is 0 Å². The lowest BCUT2D eigenvalue weighted by Gasteiger charge is -2.51. The molecule has 2 aliphatic carbocycles. The lowest BCUT2D eigenvalue weighted by Crippen LogP contribution is -2.47. The summed E-state index contributed by atoms with van der Waals surface area (Å²) in [5.41, 5.74) is 9.42. The van der Waals surface area contributed by atoms with E-state index in [1.807, 2.05) is 0 Å². The van der Waals surface area contributed by atoms with Crippen molar-refractivity contribution in [1.29, 1.82) is 0 Å². The summed E-state index contributed by atoms with van der Waals surface area (Å²) in [5, 5.41) is 0.149. The van der Waals surface area contributed by atoms with Crippen molar-refractivity contribution in [3.8, 4) is 0 Å². The maximum absolute atomic E-state index is 7.47. The zero-order valence-corrected chi connectivity index (χ0v) is 29.1. The zero-order chi connectivity index (χ0) is 30.3. The van der Waals surface area contributed by atoms with Crippen LogP contribution < -0.4 is 0 Å². The first-order chi connectivity index (χ1) is 19.6. The highest BCUT2D eigenvalue weighted by Gasteiger charge is 2.55. The van der Waals surface area contributed by atoms with E-state index in [9.17, 15) is 0 Å². The highest BCUT2D eigenvalue weighted by atomic mass is 28.4. The third-order valence-corrected chi connectivity index (χ3v) is 16.0. The van der Waals surface area contributed by atoms with E-state index in [4.69, 9.17) is 18.9 Å². The number of hydrogen-bond acceptors (Lipinski definition) is 4. The quantitative estimate of drug-likeness (QED) is 0.333. The number of hydrogen-bond donors (Lipinski definition) is 0. The fraction of sp³-hybridized carbons (Fsp3) is 0.703. The topological polar surface area (TPSA) is 40.6 Å². The lowest BCUT2D eigenvalue weighted by atomic mass is 9.58. The highest BCUT2D eigenvalue weighted by Crippen LogP contribution is 2.61. The van der Waals surface area contributed by atoms with Crippen molar-refractivity contribution in [3.63, 3.8) is 0 Å². The first kappa shape index (κ1) is 30.5. The maximum atomic E-state index is 7.47. The Hall–Kier alpha value is -1.53. The molecule has 3 heterocycles. The molecule has 1 aromatic carbocycles. The second kappa shape index (κ2) is 10.3. The van der Waals surface area contributed by atoms with Crippen molar-refractivity contribution in [3.05, 3.63) is 63.5 Å². The van der Waals surface area contributed by atoms with Crippen LogP contribution in [0.2, 0.25) is 18.1 Å². The number of aromatic nitrogens is 1. The molecule has 0 N–H and O–H groups in total. The van der Waals surface area contributed by atoms with Crippen LogP contribution >= 0.6 is 0 Å². The van der Waals surface area contributed by atoms with Crippen LogP contribution in [0.4, 0.5) is 0 Å². The van der Waals surface area contributed by atoms with Gasteiger partial charge in [0.15, 0.2) is 8.32 Å². The van der Waals surface area contributed by atoms with Gasteiger partial charge in [0.05, 0.1) is 11.7 Å². The summed E-state index contributed by atoms with van der Waals surface area (Å²) >= 11 is 0. The first-order valence-electron chi connectivity index (χ1n) is 16.7. The van der Waals surface area contributed by atoms with Crippen molar-refractivity contribution in [2.45, 2.75) is 148 Å². The molecular formula is C37H55NO3Si. The van der Waals surface area contributed by atoms with Gasteiger partial charge in [-0.1, -0.05) is 86.1 Å². The van der Waals surface area contributed by atoms with Gasteiger partial charge >= 0.3 is 0 Å². The third kappa shape index (κ3) is 5.04. The number of pyridine rings is 1. The first-order valence-corrected chi connectivity index (χ1v) is 19.6. The van der Waals surface area contributed by atoms with E-state index in [-0.39, 0.29) is 28.3 Å². The SMILES string of the molecule is CC(C)c1nc2c(c3c1C(c1ccc(C(C)(C)C)cc1)OC31CCOCC1)C(O[Si](C)(C)C(C)(C)C)CC1(CCC1)C2. The Morgan fingerprint density at radius 2 is 1.57 bits per heavy atom. The fourth-order valence-corrected chi connectivity index (χ4v) is 9.05. The van der Waals surface area contributed by atoms with Crippen LogP contribution in [0.5, 0.6) is 0 Å². The molecule has 1 saturated heterocycles. The molecule has 0 amide bonds. The molecule has 5 heteroatoms. The van der Waals surface area contributed by atoms with Crippen molar-refractivity contribution in [1.82, 2.24) is 4.98 Å². The molecule has 4 nitrogen and oxygen atoms in total. The number of nitrogens with zero attached hydrogens (tertiary/aromatic N) is 1. The van der Waals surface area contributed by atoms with Gasteiger partial charge in [-0.05, 0) is 77.3 Å². The van der Waals surface area contributed by atoms with Crippen molar-refractivity contribution in [2.75, 3.05) is 13.2 Å². The molecule has 2 spiro atoms. The predicted octanol–water partition coefficient (Wildman–Crippen LogP) is 9.81. The van der Waals surface area contributed by atoms with Crippen LogP contribution in [-0.4, -0.2) is 26.5 Å². The van der Waals surface area contributed by atoms with E-state index >= 15 is 0 Å². The van der Waals surface area contributed by atoms with Gasteiger partial charge in [-0.2, -0.15) is 0 Å². The summed E-state index contributed by atoms with van der Waals surface area (Å²) in [6.45, 7) is 24.9. The van der Waals surface area contributed by atoms with Crippen LogP contribution in [0.25, 0.3) is 0 Å². The minimum atomic E-state index is -2.04. The molecular weight excluding hydrogens is 534 g/mol. The van der Waals surface area contributed by atoms with Gasteiger partial charge in [0.1, 0.15) is 6.10 Å². The molecule has 2 fully saturated rings. The van der Waals surface area contributed by atoms with Gasteiger partial charge in [0.2, 0.25) is 0 Å². The Kier molecular flexibility index (Phi) is 7.44. The molecule has 2 aliphatic heterocycles. The smallest absolute Gasteiger partial charge is 0.192 e. The second-order valence-electron chi connectivity index (χ2n) is 16.9. The van der Waals surface area contributed by atoms with E-state index in [0.29, 0.717) is 11.3 Å². The number of ether oxygens (including phenoxy) is 2. The third-order valence-electron chi connectivity index (χ3n) is 11.5. The molecule has 1 aromatic heterocycles. The van der Waals surface area contributed by atoms with E-state index in [1.54, 1.807) is 0 Å². The summed E-state index contributed by atoms with van der Waals surface area (Å²) in [6.07, 6.45) is 7.91. The normalized spacial score (nSPS) is 25.0. The molecule has 4 aliphatic rings. The van der Waals surface area contributed by atoms with Crippen molar-refractivity contribution in [2.24, 2.45) is 5.41 Å². The predicted molar refractivity (Wildman–Crippen MR) is 174 cm³/mol. The van der Waals surface area contributed by atoms with Crippen molar-refractivity contribution >= 4 is 8.32 Å². The minimum absolute atomic E-state index is 0.0859. The average Bonchev–Trinajstić information content (AvgIpc) is 3.20. The molecule has 2 unspecified atom stereocenters. The summed E-state index contributed by atoms with van der Waals surface area (Å²) in [4.78, 5) is 5.64. The zero-order valence-electron chi connectivity index (χ0n) is 28.1. The molecule has 2 aromatic rings. The number of rotatable bonds is 4. The highest BCUT2D eigenvalue weighted by molar-refractivity contribution is 6.74. The molecule has 6 rings (SSSR count). The summed E-state index contributed by atoms with van der Waals surface area (Å²) in [7, 11) is -2.04. The van der Waals surface area contributed by atoms with Crippen LogP contribution in [0.1, 0.15) is 151 Å². The molecule has 230 valence electrons. The molecule has 42 heavy (non-hydrogen) atoms. The van der Waals surface area contributed by atoms with Crippen LogP contribution in [-0.2, 0) is 31.3 Å². The Labute approximate surface area is 256 Å². The summed E-state index contributed by atoms with van der Waals surface area (Å²) < 4.78 is 20.8. The van der Waals surface area contributed by atoms with Gasteiger partial charge in [-0.25, -0.2) is 0 Å². The van der Waals surface area contributed by atoms with Gasteiger partial charge < -0.3 is 13.9 Å². The molecule has 2 atom stereocenters. The van der Waals surface area contributed by atoms with Crippen LogP contribution in [0.15, 0.2) is 24.3 Å². The Morgan fingerprint density at radius 3 is 2.10 bits per heavy atom. The van der Waals surface area contributed by atoms with E-state index in [2.05, 4.69) is 92.7 Å². The van der Waals surface area contributed by atoms with Crippen molar-refractivity contribution < 1.29 is 13.9 Å². The van der Waals surface area contributed by atoms with E-state index in [1.165, 1.54) is 58.5 Å². The molecule has 0 radical (unpaired) electrons. The summed E-state index contributed by atoms with van der Waals surface area (Å²) in [6, 6.07) is 9.23. The maximum Gasteiger partial charge on any atom is 0.192 e. The molecule has 1 saturated carbocycles. The fourth-order valence-electron chi connectivity index (χ4n) is 7.78.